The first-order valence-corrected chi connectivity index (χ1v) is 8.85. The summed E-state index contributed by atoms with van der Waals surface area (Å²) in [6, 6.07) is 15.9. The number of aromatic nitrogens is 1. The van der Waals surface area contributed by atoms with Gasteiger partial charge < -0.3 is 9.80 Å². The summed E-state index contributed by atoms with van der Waals surface area (Å²) in [5, 5.41) is 0. The van der Waals surface area contributed by atoms with Gasteiger partial charge >= 0.3 is 0 Å². The number of anilines is 1. The van der Waals surface area contributed by atoms with Crippen molar-refractivity contribution in [2.75, 3.05) is 31.1 Å². The Kier molecular flexibility index (Phi) is 4.04. The first-order valence-electron chi connectivity index (χ1n) is 8.85. The summed E-state index contributed by atoms with van der Waals surface area (Å²) in [6.07, 6.45) is 4.47. The molecule has 1 unspecified atom stereocenters. The molecule has 3 heteroatoms. The molecular weight excluding hydrogens is 282 g/mol. The number of piperidine rings is 1. The van der Waals surface area contributed by atoms with E-state index < -0.39 is 0 Å². The van der Waals surface area contributed by atoms with Crippen molar-refractivity contribution < 1.29 is 0 Å². The molecule has 1 aromatic heterocycles. The highest BCUT2D eigenvalue weighted by atomic mass is 15.2. The van der Waals surface area contributed by atoms with Crippen LogP contribution < -0.4 is 4.90 Å². The summed E-state index contributed by atoms with van der Waals surface area (Å²) in [6.45, 7) is 6.98. The van der Waals surface area contributed by atoms with Crippen molar-refractivity contribution in [3.63, 3.8) is 0 Å². The molecule has 0 bridgehead atoms. The highest BCUT2D eigenvalue weighted by molar-refractivity contribution is 5.63. The van der Waals surface area contributed by atoms with Crippen LogP contribution in [-0.2, 0) is 0 Å². The normalized spacial score (nSPS) is 22.3. The van der Waals surface area contributed by atoms with Crippen LogP contribution in [0.4, 0.5) is 5.69 Å². The molecule has 4 rings (SSSR count). The number of likely N-dealkylation sites (tertiary alicyclic amines) is 1. The number of rotatable bonds is 3. The van der Waals surface area contributed by atoms with Gasteiger partial charge in [0.05, 0.1) is 0 Å². The lowest BCUT2D eigenvalue weighted by molar-refractivity contribution is 0.219. The van der Waals surface area contributed by atoms with E-state index in [9.17, 15) is 0 Å². The fourth-order valence-electron chi connectivity index (χ4n) is 4.17. The van der Waals surface area contributed by atoms with Crippen LogP contribution in [0.5, 0.6) is 0 Å². The van der Waals surface area contributed by atoms with Crippen LogP contribution in [0.15, 0.2) is 48.7 Å². The maximum atomic E-state index is 4.63. The minimum absolute atomic E-state index is 0.414. The smallest absolute Gasteiger partial charge is 0.0496 e. The first-order chi connectivity index (χ1) is 11.4. The summed E-state index contributed by atoms with van der Waals surface area (Å²) in [5.74, 6) is 0.414. The van der Waals surface area contributed by atoms with Gasteiger partial charge in [-0.15, -0.1) is 0 Å². The fourth-order valence-corrected chi connectivity index (χ4v) is 4.17. The largest absolute Gasteiger partial charge is 0.367 e. The fraction of sp³-hybridized carbons (Fsp3) is 0.450. The second-order valence-electron chi connectivity index (χ2n) is 6.68. The van der Waals surface area contributed by atoms with Gasteiger partial charge in [0.25, 0.3) is 0 Å². The molecule has 0 radical (unpaired) electrons. The maximum absolute atomic E-state index is 4.63. The van der Waals surface area contributed by atoms with E-state index in [1.165, 1.54) is 49.4 Å². The molecule has 1 saturated heterocycles. The Hall–Kier alpha value is -1.87. The van der Waals surface area contributed by atoms with Crippen LogP contribution in [0.1, 0.15) is 36.9 Å². The summed E-state index contributed by atoms with van der Waals surface area (Å²) in [4.78, 5) is 9.85. The van der Waals surface area contributed by atoms with Gasteiger partial charge in [-0.2, -0.15) is 0 Å². The van der Waals surface area contributed by atoms with Crippen molar-refractivity contribution >= 4 is 5.69 Å². The summed E-state index contributed by atoms with van der Waals surface area (Å²) >= 11 is 0. The predicted octanol–water partition coefficient (Wildman–Crippen LogP) is 3.52. The molecule has 0 aliphatic carbocycles. The molecule has 2 aliphatic rings. The van der Waals surface area contributed by atoms with E-state index in [0.717, 1.165) is 6.54 Å². The van der Waals surface area contributed by atoms with Crippen molar-refractivity contribution in [3.05, 3.63) is 59.9 Å². The van der Waals surface area contributed by atoms with Crippen LogP contribution in [0.25, 0.3) is 0 Å². The second-order valence-corrected chi connectivity index (χ2v) is 6.68. The van der Waals surface area contributed by atoms with E-state index in [0.29, 0.717) is 12.0 Å². The Morgan fingerprint density at radius 1 is 1.04 bits per heavy atom. The van der Waals surface area contributed by atoms with Crippen molar-refractivity contribution in [1.82, 2.24) is 9.88 Å². The van der Waals surface area contributed by atoms with Gasteiger partial charge in [0.15, 0.2) is 0 Å². The van der Waals surface area contributed by atoms with Crippen molar-refractivity contribution in [3.8, 4) is 0 Å². The number of benzene rings is 1. The Morgan fingerprint density at radius 3 is 2.57 bits per heavy atom. The molecule has 2 aliphatic heterocycles. The summed E-state index contributed by atoms with van der Waals surface area (Å²) in [7, 11) is 0. The molecule has 1 atom stereocenters. The maximum Gasteiger partial charge on any atom is 0.0496 e. The number of nitrogens with zero attached hydrogens (tertiary/aromatic N) is 3. The number of para-hydroxylation sites is 1. The molecule has 0 N–H and O–H groups in total. The molecule has 23 heavy (non-hydrogen) atoms. The molecule has 3 heterocycles. The second kappa shape index (κ2) is 6.32. The van der Waals surface area contributed by atoms with E-state index in [2.05, 4.69) is 58.1 Å². The minimum atomic E-state index is 0.414. The third kappa shape index (κ3) is 2.74. The first kappa shape index (κ1) is 14.7. The quantitative estimate of drug-likeness (QED) is 0.865. The topological polar surface area (TPSA) is 19.4 Å². The monoisotopic (exact) mass is 307 g/mol. The zero-order chi connectivity index (χ0) is 15.6. The van der Waals surface area contributed by atoms with Crippen molar-refractivity contribution in [1.29, 1.82) is 0 Å². The van der Waals surface area contributed by atoms with Crippen LogP contribution >= 0.6 is 0 Å². The van der Waals surface area contributed by atoms with E-state index in [1.54, 1.807) is 0 Å². The minimum Gasteiger partial charge on any atom is -0.367 e. The van der Waals surface area contributed by atoms with Gasteiger partial charge in [-0.05, 0) is 43.1 Å². The molecule has 2 aromatic rings. The standard InChI is InChI=1S/C20H25N3/c1-2-22-13-10-16(11-14-22)23-15-18(19-8-5-6-12-21-19)17-7-3-4-9-20(17)23/h3-9,12,16,18H,2,10-11,13-15H2,1H3. The zero-order valence-electron chi connectivity index (χ0n) is 13.9. The number of pyridine rings is 1. The van der Waals surface area contributed by atoms with Crippen molar-refractivity contribution in [2.24, 2.45) is 0 Å². The molecule has 1 fully saturated rings. The number of hydrogen-bond donors (Lipinski definition) is 0. The predicted molar refractivity (Wildman–Crippen MR) is 95.0 cm³/mol. The molecule has 0 spiro atoms. The number of hydrogen-bond acceptors (Lipinski definition) is 3. The molecule has 0 saturated carbocycles. The lowest BCUT2D eigenvalue weighted by Crippen LogP contribution is -2.44. The van der Waals surface area contributed by atoms with E-state index >= 15 is 0 Å². The summed E-state index contributed by atoms with van der Waals surface area (Å²) < 4.78 is 0. The number of fused-ring (bicyclic) bond motifs is 1. The highest BCUT2D eigenvalue weighted by Gasteiger charge is 2.35. The zero-order valence-corrected chi connectivity index (χ0v) is 13.9. The molecule has 3 nitrogen and oxygen atoms in total. The third-order valence-electron chi connectivity index (χ3n) is 5.49. The van der Waals surface area contributed by atoms with E-state index in [-0.39, 0.29) is 0 Å². The Bertz CT molecular complexity index is 647. The van der Waals surface area contributed by atoms with Gasteiger partial charge in [-0.1, -0.05) is 31.2 Å². The van der Waals surface area contributed by atoms with E-state index in [4.69, 9.17) is 0 Å². The van der Waals surface area contributed by atoms with Gasteiger partial charge in [0, 0.05) is 49.2 Å². The third-order valence-corrected chi connectivity index (χ3v) is 5.49. The molecule has 120 valence electrons. The summed E-state index contributed by atoms with van der Waals surface area (Å²) in [5.41, 5.74) is 4.08. The lowest BCUT2D eigenvalue weighted by atomic mass is 9.97. The molecule has 1 aromatic carbocycles. The van der Waals surface area contributed by atoms with Crippen LogP contribution in [-0.4, -0.2) is 42.1 Å². The Labute approximate surface area is 139 Å². The van der Waals surface area contributed by atoms with Crippen LogP contribution in [0.2, 0.25) is 0 Å². The SMILES string of the molecule is CCN1CCC(N2CC(c3ccccn3)c3ccccc32)CC1. The highest BCUT2D eigenvalue weighted by Crippen LogP contribution is 2.41. The molecular formula is C20H25N3. The lowest BCUT2D eigenvalue weighted by Gasteiger charge is -2.38. The van der Waals surface area contributed by atoms with Gasteiger partial charge in [-0.3, -0.25) is 4.98 Å². The van der Waals surface area contributed by atoms with Crippen LogP contribution in [0.3, 0.4) is 0 Å². The molecule has 0 amide bonds. The van der Waals surface area contributed by atoms with Crippen LogP contribution in [0, 0.1) is 0 Å². The van der Waals surface area contributed by atoms with E-state index in [1.807, 2.05) is 12.3 Å². The van der Waals surface area contributed by atoms with Gasteiger partial charge in [-0.25, -0.2) is 0 Å². The Morgan fingerprint density at radius 2 is 1.83 bits per heavy atom. The van der Waals surface area contributed by atoms with Crippen molar-refractivity contribution in [2.45, 2.75) is 31.7 Å². The van der Waals surface area contributed by atoms with Gasteiger partial charge in [0.1, 0.15) is 0 Å². The average Bonchev–Trinajstić information content (AvgIpc) is 3.02. The van der Waals surface area contributed by atoms with Gasteiger partial charge in [0.2, 0.25) is 0 Å². The Balaban J connectivity index is 1.61. The average molecular weight is 307 g/mol.